The normalized spacial score (nSPS) is 24.7. The molecule has 1 aliphatic carbocycles. The summed E-state index contributed by atoms with van der Waals surface area (Å²) in [6.45, 7) is 9.31. The van der Waals surface area contributed by atoms with Gasteiger partial charge in [0.05, 0.1) is 6.10 Å². The van der Waals surface area contributed by atoms with Crippen LogP contribution < -0.4 is 5.73 Å². The zero-order valence-electron chi connectivity index (χ0n) is 14.8. The molecule has 1 amide bonds. The van der Waals surface area contributed by atoms with Crippen molar-refractivity contribution >= 4 is 18.3 Å². The van der Waals surface area contributed by atoms with Crippen molar-refractivity contribution in [2.75, 3.05) is 13.2 Å². The highest BCUT2D eigenvalue weighted by atomic mass is 35.5. The molecule has 1 aromatic rings. The fraction of sp³-hybridized carbons (Fsp3) is 0.611. The molecule has 0 aromatic heterocycles. The first-order valence-corrected chi connectivity index (χ1v) is 8.20. The van der Waals surface area contributed by atoms with Crippen LogP contribution in [0.15, 0.2) is 24.3 Å². The van der Waals surface area contributed by atoms with Crippen molar-refractivity contribution < 1.29 is 13.9 Å². The molecule has 2 atom stereocenters. The molecule has 4 nitrogen and oxygen atoms in total. The van der Waals surface area contributed by atoms with Crippen LogP contribution in [0.5, 0.6) is 0 Å². The van der Waals surface area contributed by atoms with E-state index in [9.17, 15) is 9.18 Å². The number of ether oxygens (including phenoxy) is 1. The van der Waals surface area contributed by atoms with Gasteiger partial charge in [0, 0.05) is 31.5 Å². The number of hydrogen-bond acceptors (Lipinski definition) is 3. The van der Waals surface area contributed by atoms with Crippen molar-refractivity contribution in [3.05, 3.63) is 35.6 Å². The molecule has 1 fully saturated rings. The Kier molecular flexibility index (Phi) is 6.79. The Bertz CT molecular complexity index is 582. The van der Waals surface area contributed by atoms with Gasteiger partial charge in [-0.3, -0.25) is 4.79 Å². The van der Waals surface area contributed by atoms with Gasteiger partial charge in [0.25, 0.3) is 0 Å². The van der Waals surface area contributed by atoms with E-state index in [-0.39, 0.29) is 30.2 Å². The average Bonchev–Trinajstić information content (AvgIpc) is 2.51. The molecule has 1 saturated carbocycles. The predicted molar refractivity (Wildman–Crippen MR) is 95.5 cm³/mol. The van der Waals surface area contributed by atoms with E-state index in [0.717, 1.165) is 5.56 Å². The third-order valence-corrected chi connectivity index (χ3v) is 5.14. The Morgan fingerprint density at radius 2 is 2.08 bits per heavy atom. The van der Waals surface area contributed by atoms with Gasteiger partial charge in [0.2, 0.25) is 5.91 Å². The highest BCUT2D eigenvalue weighted by molar-refractivity contribution is 5.89. The molecule has 1 aromatic carbocycles. The van der Waals surface area contributed by atoms with E-state index in [0.29, 0.717) is 26.1 Å². The molecule has 0 aliphatic heterocycles. The van der Waals surface area contributed by atoms with Gasteiger partial charge in [-0.05, 0) is 31.5 Å². The summed E-state index contributed by atoms with van der Waals surface area (Å²) in [7, 11) is 0. The molecule has 2 rings (SSSR count). The topological polar surface area (TPSA) is 55.6 Å². The number of hydrogen-bond donors (Lipinski definition) is 1. The van der Waals surface area contributed by atoms with Gasteiger partial charge < -0.3 is 15.4 Å². The van der Waals surface area contributed by atoms with Gasteiger partial charge in [-0.2, -0.15) is 0 Å². The van der Waals surface area contributed by atoms with Gasteiger partial charge in [-0.25, -0.2) is 4.39 Å². The van der Waals surface area contributed by atoms with Crippen LogP contribution in [-0.2, 0) is 16.1 Å². The van der Waals surface area contributed by atoms with Crippen LogP contribution in [-0.4, -0.2) is 35.6 Å². The van der Waals surface area contributed by atoms with Gasteiger partial charge in [-0.15, -0.1) is 12.4 Å². The number of rotatable bonds is 6. The molecule has 136 valence electrons. The molecular weight excluding hydrogens is 331 g/mol. The first kappa shape index (κ1) is 20.9. The maximum Gasteiger partial charge on any atom is 0.243 e. The third-order valence-electron chi connectivity index (χ3n) is 5.14. The Labute approximate surface area is 149 Å². The number of carbonyl (C=O) groups is 1. The summed E-state index contributed by atoms with van der Waals surface area (Å²) in [5, 5.41) is 0. The smallest absolute Gasteiger partial charge is 0.243 e. The summed E-state index contributed by atoms with van der Waals surface area (Å²) in [4.78, 5) is 14.7. The number of likely N-dealkylation sites (N-methyl/N-ethyl adjacent to an activating group) is 1. The number of halogens is 2. The van der Waals surface area contributed by atoms with Crippen LogP contribution >= 0.6 is 12.4 Å². The fourth-order valence-corrected chi connectivity index (χ4v) is 3.26. The lowest BCUT2D eigenvalue weighted by Gasteiger charge is -2.58. The van der Waals surface area contributed by atoms with Gasteiger partial charge in [-0.1, -0.05) is 26.0 Å². The van der Waals surface area contributed by atoms with Crippen LogP contribution in [0, 0.1) is 11.2 Å². The summed E-state index contributed by atoms with van der Waals surface area (Å²) >= 11 is 0. The van der Waals surface area contributed by atoms with E-state index < -0.39 is 11.0 Å². The minimum Gasteiger partial charge on any atom is -0.378 e. The van der Waals surface area contributed by atoms with Gasteiger partial charge in [0.15, 0.2) is 0 Å². The van der Waals surface area contributed by atoms with Crippen LogP contribution in [0.3, 0.4) is 0 Å². The Hall–Kier alpha value is -1.17. The molecule has 0 saturated heterocycles. The number of nitrogens with two attached hydrogens (primary N) is 1. The molecule has 0 spiro atoms. The number of carbonyl (C=O) groups excluding carboxylic acids is 1. The summed E-state index contributed by atoms with van der Waals surface area (Å²) in [6.07, 6.45) is 0.515. The molecule has 2 N–H and O–H groups in total. The maximum absolute atomic E-state index is 13.3. The first-order chi connectivity index (χ1) is 10.8. The van der Waals surface area contributed by atoms with Crippen molar-refractivity contribution in [2.45, 2.75) is 52.3 Å². The Balaban J connectivity index is 0.00000288. The average molecular weight is 359 g/mol. The predicted octanol–water partition coefficient (Wildman–Crippen LogP) is 3.13. The second-order valence-corrected chi connectivity index (χ2v) is 6.79. The van der Waals surface area contributed by atoms with Gasteiger partial charge in [0.1, 0.15) is 11.4 Å². The monoisotopic (exact) mass is 358 g/mol. The van der Waals surface area contributed by atoms with Crippen LogP contribution in [0.25, 0.3) is 0 Å². The molecule has 24 heavy (non-hydrogen) atoms. The number of amides is 1. The second-order valence-electron chi connectivity index (χ2n) is 6.79. The van der Waals surface area contributed by atoms with Crippen LogP contribution in [0.4, 0.5) is 4.39 Å². The SMILES string of the molecule is CCOC1CC(N)(C(=O)N(CC)Cc2cccc(F)c2)C1(C)C.Cl. The van der Waals surface area contributed by atoms with E-state index >= 15 is 0 Å². The van der Waals surface area contributed by atoms with Gasteiger partial charge >= 0.3 is 0 Å². The zero-order chi connectivity index (χ0) is 17.3. The van der Waals surface area contributed by atoms with Crippen molar-refractivity contribution in [1.82, 2.24) is 4.90 Å². The van der Waals surface area contributed by atoms with Crippen molar-refractivity contribution in [3.63, 3.8) is 0 Å². The van der Waals surface area contributed by atoms with Crippen LogP contribution in [0.2, 0.25) is 0 Å². The number of benzene rings is 1. The lowest BCUT2D eigenvalue weighted by atomic mass is 9.54. The summed E-state index contributed by atoms with van der Waals surface area (Å²) in [5.74, 6) is -0.390. The molecule has 2 unspecified atom stereocenters. The summed E-state index contributed by atoms with van der Waals surface area (Å²) in [6, 6.07) is 6.32. The zero-order valence-corrected chi connectivity index (χ0v) is 15.7. The Morgan fingerprint density at radius 1 is 1.42 bits per heavy atom. The van der Waals surface area contributed by atoms with E-state index in [1.54, 1.807) is 11.0 Å². The maximum atomic E-state index is 13.3. The molecular formula is C18H28ClFN2O2. The summed E-state index contributed by atoms with van der Waals surface area (Å²) in [5.41, 5.74) is 5.87. The molecule has 0 bridgehead atoms. The highest BCUT2D eigenvalue weighted by Crippen LogP contribution is 2.50. The number of nitrogens with zero attached hydrogens (tertiary/aromatic N) is 1. The largest absolute Gasteiger partial charge is 0.378 e. The Morgan fingerprint density at radius 3 is 2.58 bits per heavy atom. The lowest BCUT2D eigenvalue weighted by molar-refractivity contribution is -0.179. The van der Waals surface area contributed by atoms with E-state index in [1.165, 1.54) is 12.1 Å². The molecule has 0 radical (unpaired) electrons. The van der Waals surface area contributed by atoms with Crippen molar-refractivity contribution in [1.29, 1.82) is 0 Å². The van der Waals surface area contributed by atoms with E-state index in [2.05, 4.69) is 0 Å². The molecule has 1 aliphatic rings. The lowest BCUT2D eigenvalue weighted by Crippen LogP contribution is -2.76. The molecule has 6 heteroatoms. The van der Waals surface area contributed by atoms with Crippen molar-refractivity contribution in [2.24, 2.45) is 11.1 Å². The first-order valence-electron chi connectivity index (χ1n) is 8.20. The summed E-state index contributed by atoms with van der Waals surface area (Å²) < 4.78 is 19.0. The third kappa shape index (κ3) is 3.58. The quantitative estimate of drug-likeness (QED) is 0.850. The fourth-order valence-electron chi connectivity index (χ4n) is 3.26. The molecule has 0 heterocycles. The van der Waals surface area contributed by atoms with Crippen molar-refractivity contribution in [3.8, 4) is 0 Å². The highest BCUT2D eigenvalue weighted by Gasteiger charge is 2.63. The van der Waals surface area contributed by atoms with E-state index in [1.807, 2.05) is 33.8 Å². The standard InChI is InChI=1S/C18H27FN2O2.ClH/c1-5-21(12-13-8-7-9-14(19)10-13)16(22)18(20)11-15(23-6-2)17(18,3)4;/h7-10,15H,5-6,11-12,20H2,1-4H3;1H. The van der Waals surface area contributed by atoms with E-state index in [4.69, 9.17) is 10.5 Å². The second kappa shape index (κ2) is 7.81. The minimum absolute atomic E-state index is 0. The minimum atomic E-state index is -0.934. The van der Waals surface area contributed by atoms with Crippen LogP contribution in [0.1, 0.15) is 39.7 Å².